The number of H-pyrrole nitrogens is 1. The van der Waals surface area contributed by atoms with Gasteiger partial charge in [0.2, 0.25) is 0 Å². The van der Waals surface area contributed by atoms with E-state index < -0.39 is 11.7 Å². The van der Waals surface area contributed by atoms with Gasteiger partial charge in [0, 0.05) is 31.5 Å². The average Bonchev–Trinajstić information content (AvgIpc) is 2.87. The highest BCUT2D eigenvalue weighted by atomic mass is 19.4. The van der Waals surface area contributed by atoms with Crippen molar-refractivity contribution >= 4 is 5.91 Å². The molecule has 0 unspecified atom stereocenters. The zero-order valence-corrected chi connectivity index (χ0v) is 11.0. The van der Waals surface area contributed by atoms with Crippen LogP contribution in [-0.4, -0.2) is 29.9 Å². The van der Waals surface area contributed by atoms with Crippen LogP contribution in [0.2, 0.25) is 0 Å². The second-order valence-corrected chi connectivity index (χ2v) is 4.58. The molecule has 6 heteroatoms. The van der Waals surface area contributed by atoms with Crippen molar-refractivity contribution in [3.8, 4) is 11.3 Å². The Hall–Kier alpha value is -2.24. The van der Waals surface area contributed by atoms with E-state index in [2.05, 4.69) is 4.98 Å². The third-order valence-corrected chi connectivity index (χ3v) is 2.86. The number of nitrogens with zero attached hydrogens (tertiary/aromatic N) is 1. The molecule has 1 aromatic heterocycles. The van der Waals surface area contributed by atoms with Crippen LogP contribution in [0, 0.1) is 0 Å². The molecule has 0 saturated heterocycles. The first-order chi connectivity index (χ1) is 9.29. The highest BCUT2D eigenvalue weighted by Crippen LogP contribution is 2.32. The van der Waals surface area contributed by atoms with E-state index in [-0.39, 0.29) is 5.91 Å². The number of amides is 1. The molecule has 1 aromatic carbocycles. The smallest absolute Gasteiger partial charge is 0.361 e. The van der Waals surface area contributed by atoms with Crippen molar-refractivity contribution in [3.05, 3.63) is 47.7 Å². The quantitative estimate of drug-likeness (QED) is 0.900. The fraction of sp³-hybridized carbons (Fsp3) is 0.214. The van der Waals surface area contributed by atoms with Gasteiger partial charge in [0.1, 0.15) is 0 Å². The lowest BCUT2D eigenvalue weighted by Crippen LogP contribution is -2.21. The normalized spacial score (nSPS) is 11.4. The number of alkyl halides is 3. The lowest BCUT2D eigenvalue weighted by Gasteiger charge is -2.10. The van der Waals surface area contributed by atoms with E-state index in [0.717, 1.165) is 12.3 Å². The van der Waals surface area contributed by atoms with Crippen LogP contribution in [0.3, 0.4) is 0 Å². The molecular weight excluding hydrogens is 269 g/mol. The Labute approximate surface area is 114 Å². The van der Waals surface area contributed by atoms with E-state index in [1.165, 1.54) is 4.90 Å². The topological polar surface area (TPSA) is 36.1 Å². The maximum Gasteiger partial charge on any atom is 0.417 e. The Morgan fingerprint density at radius 3 is 2.20 bits per heavy atom. The molecule has 3 nitrogen and oxygen atoms in total. The first-order valence-corrected chi connectivity index (χ1v) is 5.87. The molecule has 0 radical (unpaired) electrons. The highest BCUT2D eigenvalue weighted by molar-refractivity contribution is 5.94. The van der Waals surface area contributed by atoms with Crippen LogP contribution in [0.1, 0.15) is 15.9 Å². The van der Waals surface area contributed by atoms with Crippen molar-refractivity contribution in [2.45, 2.75) is 6.18 Å². The predicted octanol–water partition coefficient (Wildman–Crippen LogP) is 3.40. The van der Waals surface area contributed by atoms with E-state index in [1.54, 1.807) is 38.4 Å². The number of benzene rings is 1. The molecule has 1 heterocycles. The second-order valence-electron chi connectivity index (χ2n) is 4.58. The standard InChI is InChI=1S/C14H13F3N2O/c1-19(2)13(20)10-5-3-9(4-6-10)12-7-11(8-18-12)14(15,16)17/h3-8,18H,1-2H3. The molecule has 1 N–H and O–H groups in total. The Balaban J connectivity index is 2.27. The molecule has 2 aromatic rings. The van der Waals surface area contributed by atoms with Crippen molar-refractivity contribution in [2.24, 2.45) is 0 Å². The number of halogens is 3. The van der Waals surface area contributed by atoms with Crippen LogP contribution < -0.4 is 0 Å². The molecule has 106 valence electrons. The van der Waals surface area contributed by atoms with Crippen LogP contribution in [0.4, 0.5) is 13.2 Å². The minimum atomic E-state index is -4.37. The lowest BCUT2D eigenvalue weighted by molar-refractivity contribution is -0.137. The molecule has 0 bridgehead atoms. The Kier molecular flexibility index (Phi) is 3.57. The van der Waals surface area contributed by atoms with Gasteiger partial charge >= 0.3 is 6.18 Å². The van der Waals surface area contributed by atoms with Crippen LogP contribution >= 0.6 is 0 Å². The summed E-state index contributed by atoms with van der Waals surface area (Å²) < 4.78 is 37.5. The minimum Gasteiger partial charge on any atom is -0.361 e. The number of aromatic amines is 1. The second kappa shape index (κ2) is 5.03. The number of hydrogen-bond donors (Lipinski definition) is 1. The van der Waals surface area contributed by atoms with E-state index in [1.807, 2.05) is 0 Å². The fourth-order valence-electron chi connectivity index (χ4n) is 1.78. The molecule has 0 atom stereocenters. The van der Waals surface area contributed by atoms with Gasteiger partial charge in [-0.2, -0.15) is 13.2 Å². The number of carbonyl (C=O) groups is 1. The first kappa shape index (κ1) is 14.2. The zero-order valence-electron chi connectivity index (χ0n) is 11.0. The van der Waals surface area contributed by atoms with Crippen LogP contribution in [0.25, 0.3) is 11.3 Å². The first-order valence-electron chi connectivity index (χ1n) is 5.87. The maximum absolute atomic E-state index is 12.5. The summed E-state index contributed by atoms with van der Waals surface area (Å²) in [5.74, 6) is -0.154. The molecule has 0 aliphatic carbocycles. The van der Waals surface area contributed by atoms with Crippen LogP contribution in [-0.2, 0) is 6.18 Å². The lowest BCUT2D eigenvalue weighted by atomic mass is 10.1. The number of hydrogen-bond acceptors (Lipinski definition) is 1. The van der Waals surface area contributed by atoms with Crippen molar-refractivity contribution in [1.29, 1.82) is 0 Å². The van der Waals surface area contributed by atoms with Crippen molar-refractivity contribution in [3.63, 3.8) is 0 Å². The summed E-state index contributed by atoms with van der Waals surface area (Å²) in [4.78, 5) is 15.7. The Morgan fingerprint density at radius 2 is 1.75 bits per heavy atom. The third-order valence-electron chi connectivity index (χ3n) is 2.86. The van der Waals surface area contributed by atoms with E-state index in [4.69, 9.17) is 0 Å². The Bertz CT molecular complexity index is 612. The largest absolute Gasteiger partial charge is 0.417 e. The van der Waals surface area contributed by atoms with Crippen molar-refractivity contribution < 1.29 is 18.0 Å². The van der Waals surface area contributed by atoms with Crippen LogP contribution in [0.5, 0.6) is 0 Å². The van der Waals surface area contributed by atoms with Gasteiger partial charge in [-0.3, -0.25) is 4.79 Å². The summed E-state index contributed by atoms with van der Waals surface area (Å²) in [5, 5.41) is 0. The SMILES string of the molecule is CN(C)C(=O)c1ccc(-c2cc(C(F)(F)F)c[nH]2)cc1. The molecule has 0 saturated carbocycles. The fourth-order valence-corrected chi connectivity index (χ4v) is 1.78. The number of aromatic nitrogens is 1. The summed E-state index contributed by atoms with van der Waals surface area (Å²) in [6.07, 6.45) is -3.44. The van der Waals surface area contributed by atoms with Crippen LogP contribution in [0.15, 0.2) is 36.5 Å². The molecular formula is C14H13F3N2O. The van der Waals surface area contributed by atoms with Gasteiger partial charge in [0.05, 0.1) is 5.56 Å². The van der Waals surface area contributed by atoms with E-state index in [0.29, 0.717) is 16.8 Å². The van der Waals surface area contributed by atoms with Gasteiger partial charge in [-0.1, -0.05) is 12.1 Å². The summed E-state index contributed by atoms with van der Waals surface area (Å²) in [7, 11) is 3.27. The number of nitrogens with one attached hydrogen (secondary N) is 1. The summed E-state index contributed by atoms with van der Waals surface area (Å²) in [6.45, 7) is 0. The van der Waals surface area contributed by atoms with Gasteiger partial charge in [0.15, 0.2) is 0 Å². The molecule has 0 aliphatic heterocycles. The van der Waals surface area contributed by atoms with E-state index >= 15 is 0 Å². The van der Waals surface area contributed by atoms with Gasteiger partial charge in [0.25, 0.3) is 5.91 Å². The molecule has 0 fully saturated rings. The summed E-state index contributed by atoms with van der Waals surface area (Å²) in [6, 6.07) is 7.45. The molecule has 0 spiro atoms. The minimum absolute atomic E-state index is 0.154. The van der Waals surface area contributed by atoms with Gasteiger partial charge in [-0.15, -0.1) is 0 Å². The average molecular weight is 282 g/mol. The number of rotatable bonds is 2. The maximum atomic E-state index is 12.5. The van der Waals surface area contributed by atoms with E-state index in [9.17, 15) is 18.0 Å². The summed E-state index contributed by atoms with van der Waals surface area (Å²) in [5.41, 5.74) is 0.722. The zero-order chi connectivity index (χ0) is 14.9. The van der Waals surface area contributed by atoms with Crippen molar-refractivity contribution in [1.82, 2.24) is 9.88 Å². The summed E-state index contributed by atoms with van der Waals surface area (Å²) >= 11 is 0. The third kappa shape index (κ3) is 2.84. The predicted molar refractivity (Wildman–Crippen MR) is 69.2 cm³/mol. The van der Waals surface area contributed by atoms with Gasteiger partial charge in [-0.25, -0.2) is 0 Å². The monoisotopic (exact) mass is 282 g/mol. The molecule has 0 aliphatic rings. The molecule has 1 amide bonds. The Morgan fingerprint density at radius 1 is 1.15 bits per heavy atom. The van der Waals surface area contributed by atoms with Gasteiger partial charge < -0.3 is 9.88 Å². The highest BCUT2D eigenvalue weighted by Gasteiger charge is 2.31. The van der Waals surface area contributed by atoms with Gasteiger partial charge in [-0.05, 0) is 23.8 Å². The van der Waals surface area contributed by atoms with Crippen molar-refractivity contribution in [2.75, 3.05) is 14.1 Å². The molecule has 2 rings (SSSR count). The molecule has 20 heavy (non-hydrogen) atoms. The number of carbonyl (C=O) groups excluding carboxylic acids is 1.